The molecule has 0 aliphatic rings. The summed E-state index contributed by atoms with van der Waals surface area (Å²) in [6.45, 7) is -0.0609. The molecule has 0 radical (unpaired) electrons. The number of hydrogen-bond acceptors (Lipinski definition) is 2. The Morgan fingerprint density at radius 1 is 1.19 bits per heavy atom. The second-order valence-corrected chi connectivity index (χ2v) is 5.16. The topological polar surface area (TPSA) is 65.1 Å². The number of carbonyl (C=O) groups excluding carboxylic acids is 1. The minimum absolute atomic E-state index is 0.0609. The summed E-state index contributed by atoms with van der Waals surface area (Å²) in [6.07, 6.45) is 0. The monoisotopic (exact) mass is 300 g/mol. The molecule has 1 aromatic heterocycles. The minimum atomic E-state index is -0.239. The number of aromatic amines is 1. The summed E-state index contributed by atoms with van der Waals surface area (Å²) in [5.74, 6) is -0.239. The highest BCUT2D eigenvalue weighted by molar-refractivity contribution is 6.31. The van der Waals surface area contributed by atoms with Gasteiger partial charge in [-0.3, -0.25) is 4.79 Å². The second-order valence-electron chi connectivity index (χ2n) is 4.73. The first kappa shape index (κ1) is 13.7. The lowest BCUT2D eigenvalue weighted by Gasteiger charge is -2.05. The molecule has 3 N–H and O–H groups in total. The molecular formula is C16H13ClN2O2. The second kappa shape index (κ2) is 5.60. The van der Waals surface area contributed by atoms with Gasteiger partial charge in [0.15, 0.2) is 0 Å². The van der Waals surface area contributed by atoms with E-state index >= 15 is 0 Å². The van der Waals surface area contributed by atoms with Crippen LogP contribution in [0.5, 0.6) is 0 Å². The van der Waals surface area contributed by atoms with E-state index in [1.165, 1.54) is 0 Å². The van der Waals surface area contributed by atoms with Gasteiger partial charge in [-0.05, 0) is 42.0 Å². The number of fused-ring (bicyclic) bond motifs is 1. The Balaban J connectivity index is 1.86. The van der Waals surface area contributed by atoms with Crippen LogP contribution in [0, 0.1) is 0 Å². The van der Waals surface area contributed by atoms with Crippen molar-refractivity contribution < 1.29 is 9.90 Å². The number of aromatic nitrogens is 1. The fraction of sp³-hybridized carbons (Fsp3) is 0.0625. The number of halogens is 1. The number of aliphatic hydroxyl groups is 1. The minimum Gasteiger partial charge on any atom is -0.392 e. The van der Waals surface area contributed by atoms with Gasteiger partial charge in [-0.25, -0.2) is 0 Å². The third-order valence-corrected chi connectivity index (χ3v) is 3.43. The summed E-state index contributed by atoms with van der Waals surface area (Å²) in [7, 11) is 0. The van der Waals surface area contributed by atoms with Gasteiger partial charge >= 0.3 is 0 Å². The van der Waals surface area contributed by atoms with E-state index in [9.17, 15) is 4.79 Å². The van der Waals surface area contributed by atoms with E-state index in [0.717, 1.165) is 16.5 Å². The number of H-pyrrole nitrogens is 1. The zero-order chi connectivity index (χ0) is 14.8. The van der Waals surface area contributed by atoms with Crippen LogP contribution in [-0.2, 0) is 6.61 Å². The Hall–Kier alpha value is -2.30. The first-order chi connectivity index (χ1) is 10.2. The summed E-state index contributed by atoms with van der Waals surface area (Å²) in [5.41, 5.74) is 2.70. The van der Waals surface area contributed by atoms with Gasteiger partial charge in [0.05, 0.1) is 6.61 Å². The van der Waals surface area contributed by atoms with Gasteiger partial charge in [0.25, 0.3) is 5.91 Å². The van der Waals surface area contributed by atoms with Gasteiger partial charge in [0.2, 0.25) is 0 Å². The largest absolute Gasteiger partial charge is 0.392 e. The Labute approximate surface area is 126 Å². The molecule has 1 heterocycles. The van der Waals surface area contributed by atoms with E-state index < -0.39 is 0 Å². The van der Waals surface area contributed by atoms with Crippen molar-refractivity contribution in [2.75, 3.05) is 5.32 Å². The first-order valence-electron chi connectivity index (χ1n) is 6.45. The molecule has 0 aliphatic heterocycles. The molecule has 2 aromatic carbocycles. The molecule has 0 fully saturated rings. The molecule has 0 spiro atoms. The summed E-state index contributed by atoms with van der Waals surface area (Å²) in [4.78, 5) is 15.3. The molecule has 0 aliphatic carbocycles. The normalized spacial score (nSPS) is 10.8. The predicted molar refractivity (Wildman–Crippen MR) is 83.6 cm³/mol. The molecule has 3 rings (SSSR count). The maximum atomic E-state index is 12.2. The third-order valence-electron chi connectivity index (χ3n) is 3.19. The highest BCUT2D eigenvalue weighted by atomic mass is 35.5. The van der Waals surface area contributed by atoms with Crippen LogP contribution in [0.2, 0.25) is 5.02 Å². The number of nitrogens with one attached hydrogen (secondary N) is 2. The van der Waals surface area contributed by atoms with Crippen molar-refractivity contribution in [2.45, 2.75) is 6.61 Å². The SMILES string of the molecule is O=C(Nc1cccc(CO)c1)c1cc2cc(Cl)ccc2[nH]1. The quantitative estimate of drug-likeness (QED) is 0.692. The highest BCUT2D eigenvalue weighted by Crippen LogP contribution is 2.21. The van der Waals surface area contributed by atoms with E-state index in [0.29, 0.717) is 16.4 Å². The first-order valence-corrected chi connectivity index (χ1v) is 6.83. The molecule has 106 valence electrons. The van der Waals surface area contributed by atoms with Crippen LogP contribution in [0.4, 0.5) is 5.69 Å². The summed E-state index contributed by atoms with van der Waals surface area (Å²) in [6, 6.07) is 14.2. The van der Waals surface area contributed by atoms with Crippen LogP contribution in [0.15, 0.2) is 48.5 Å². The van der Waals surface area contributed by atoms with E-state index in [4.69, 9.17) is 16.7 Å². The van der Waals surface area contributed by atoms with Crippen LogP contribution in [0.3, 0.4) is 0 Å². The van der Waals surface area contributed by atoms with Crippen LogP contribution < -0.4 is 5.32 Å². The molecule has 4 nitrogen and oxygen atoms in total. The van der Waals surface area contributed by atoms with Gasteiger partial charge < -0.3 is 15.4 Å². The molecule has 5 heteroatoms. The van der Waals surface area contributed by atoms with Crippen molar-refractivity contribution >= 4 is 34.1 Å². The standard InChI is InChI=1S/C16H13ClN2O2/c17-12-4-5-14-11(7-12)8-15(19-14)16(21)18-13-3-1-2-10(6-13)9-20/h1-8,19-20H,9H2,(H,18,21). The van der Waals surface area contributed by atoms with Crippen molar-refractivity contribution in [1.29, 1.82) is 0 Å². The fourth-order valence-corrected chi connectivity index (χ4v) is 2.35. The molecule has 0 atom stereocenters. The number of carbonyl (C=O) groups is 1. The van der Waals surface area contributed by atoms with E-state index in [1.54, 1.807) is 42.5 Å². The zero-order valence-electron chi connectivity index (χ0n) is 11.1. The number of anilines is 1. The summed E-state index contributed by atoms with van der Waals surface area (Å²) in [5, 5.41) is 13.4. The number of amides is 1. The Kier molecular flexibility index (Phi) is 3.64. The van der Waals surface area contributed by atoms with E-state index in [1.807, 2.05) is 6.07 Å². The molecule has 0 saturated heterocycles. The van der Waals surface area contributed by atoms with Gasteiger partial charge in [0, 0.05) is 21.6 Å². The van der Waals surface area contributed by atoms with Crippen molar-refractivity contribution in [2.24, 2.45) is 0 Å². The van der Waals surface area contributed by atoms with Crippen molar-refractivity contribution in [1.82, 2.24) is 4.98 Å². The lowest BCUT2D eigenvalue weighted by molar-refractivity contribution is 0.102. The van der Waals surface area contributed by atoms with Crippen molar-refractivity contribution in [3.05, 3.63) is 64.8 Å². The molecule has 21 heavy (non-hydrogen) atoms. The zero-order valence-corrected chi connectivity index (χ0v) is 11.8. The summed E-state index contributed by atoms with van der Waals surface area (Å²) < 4.78 is 0. The molecular weight excluding hydrogens is 288 g/mol. The Bertz CT molecular complexity index is 811. The van der Waals surface area contributed by atoms with Crippen LogP contribution in [0.25, 0.3) is 10.9 Å². The van der Waals surface area contributed by atoms with Gasteiger partial charge in [0.1, 0.15) is 5.69 Å². The molecule has 0 saturated carbocycles. The smallest absolute Gasteiger partial charge is 0.272 e. The maximum absolute atomic E-state index is 12.2. The fourth-order valence-electron chi connectivity index (χ4n) is 2.17. The van der Waals surface area contributed by atoms with Crippen LogP contribution >= 0.6 is 11.6 Å². The molecule has 1 amide bonds. The van der Waals surface area contributed by atoms with E-state index in [2.05, 4.69) is 10.3 Å². The number of rotatable bonds is 3. The number of benzene rings is 2. The van der Waals surface area contributed by atoms with Gasteiger partial charge in [-0.1, -0.05) is 23.7 Å². The van der Waals surface area contributed by atoms with E-state index in [-0.39, 0.29) is 12.5 Å². The lowest BCUT2D eigenvalue weighted by Crippen LogP contribution is -2.12. The Morgan fingerprint density at radius 2 is 2.05 bits per heavy atom. The van der Waals surface area contributed by atoms with Gasteiger partial charge in [-0.15, -0.1) is 0 Å². The molecule has 0 unspecified atom stereocenters. The van der Waals surface area contributed by atoms with Crippen LogP contribution in [0.1, 0.15) is 16.1 Å². The summed E-state index contributed by atoms with van der Waals surface area (Å²) >= 11 is 5.93. The number of aliphatic hydroxyl groups excluding tert-OH is 1. The average Bonchev–Trinajstić information content (AvgIpc) is 2.90. The highest BCUT2D eigenvalue weighted by Gasteiger charge is 2.10. The van der Waals surface area contributed by atoms with Gasteiger partial charge in [-0.2, -0.15) is 0 Å². The third kappa shape index (κ3) is 2.91. The molecule has 0 bridgehead atoms. The lowest BCUT2D eigenvalue weighted by atomic mass is 10.2. The van der Waals surface area contributed by atoms with Crippen molar-refractivity contribution in [3.63, 3.8) is 0 Å². The maximum Gasteiger partial charge on any atom is 0.272 e. The van der Waals surface area contributed by atoms with Crippen LogP contribution in [-0.4, -0.2) is 16.0 Å². The molecule has 3 aromatic rings. The van der Waals surface area contributed by atoms with Crippen molar-refractivity contribution in [3.8, 4) is 0 Å². The number of hydrogen-bond donors (Lipinski definition) is 3. The Morgan fingerprint density at radius 3 is 2.86 bits per heavy atom. The predicted octanol–water partition coefficient (Wildman–Crippen LogP) is 3.57. The average molecular weight is 301 g/mol.